The Morgan fingerprint density at radius 3 is 2.95 bits per heavy atom. The van der Waals surface area contributed by atoms with Crippen molar-refractivity contribution >= 4 is 29.4 Å². The van der Waals surface area contributed by atoms with Crippen LogP contribution in [0.5, 0.6) is 0 Å². The number of fused-ring (bicyclic) bond motifs is 1. The fourth-order valence-electron chi connectivity index (χ4n) is 2.43. The van der Waals surface area contributed by atoms with Crippen LogP contribution in [0.25, 0.3) is 0 Å². The van der Waals surface area contributed by atoms with Gasteiger partial charge in [-0.15, -0.1) is 11.8 Å². The van der Waals surface area contributed by atoms with E-state index in [4.69, 9.17) is 4.74 Å². The monoisotopic (exact) mass is 296 g/mol. The number of ether oxygens (including phenoxy) is 1. The predicted molar refractivity (Wildman–Crippen MR) is 73.0 cm³/mol. The summed E-state index contributed by atoms with van der Waals surface area (Å²) < 4.78 is 18.9. The van der Waals surface area contributed by atoms with Crippen LogP contribution < -0.4 is 5.32 Å². The highest BCUT2D eigenvalue weighted by molar-refractivity contribution is 7.99. The SMILES string of the molecule is CSC1C(=O)Nc2cc(F)c(CN3CCOC3=O)cc21. The van der Waals surface area contributed by atoms with Crippen LogP contribution >= 0.6 is 11.8 Å². The van der Waals surface area contributed by atoms with Gasteiger partial charge in [-0.3, -0.25) is 4.79 Å². The Hall–Kier alpha value is -1.76. The summed E-state index contributed by atoms with van der Waals surface area (Å²) in [6.07, 6.45) is 1.40. The highest BCUT2D eigenvalue weighted by Gasteiger charge is 2.32. The van der Waals surface area contributed by atoms with Gasteiger partial charge in [-0.05, 0) is 24.0 Å². The van der Waals surface area contributed by atoms with Gasteiger partial charge >= 0.3 is 6.09 Å². The number of rotatable bonds is 3. The number of hydrogen-bond acceptors (Lipinski definition) is 4. The van der Waals surface area contributed by atoms with Gasteiger partial charge in [0, 0.05) is 11.3 Å². The van der Waals surface area contributed by atoms with E-state index >= 15 is 0 Å². The maximum absolute atomic E-state index is 14.0. The maximum Gasteiger partial charge on any atom is 0.410 e. The zero-order valence-electron chi connectivity index (χ0n) is 10.8. The summed E-state index contributed by atoms with van der Waals surface area (Å²) in [6.45, 7) is 0.949. The molecule has 1 unspecified atom stereocenters. The normalized spacial score (nSPS) is 20.9. The number of anilines is 1. The molecule has 106 valence electrons. The van der Waals surface area contributed by atoms with E-state index in [1.54, 1.807) is 6.07 Å². The molecule has 0 spiro atoms. The minimum absolute atomic E-state index is 0.135. The summed E-state index contributed by atoms with van der Waals surface area (Å²) in [4.78, 5) is 24.6. The van der Waals surface area contributed by atoms with Gasteiger partial charge in [0.15, 0.2) is 0 Å². The van der Waals surface area contributed by atoms with E-state index in [0.29, 0.717) is 24.4 Å². The molecule has 2 aliphatic heterocycles. The third-order valence-electron chi connectivity index (χ3n) is 3.44. The minimum Gasteiger partial charge on any atom is -0.448 e. The van der Waals surface area contributed by atoms with Crippen molar-refractivity contribution in [1.29, 1.82) is 0 Å². The topological polar surface area (TPSA) is 58.6 Å². The molecule has 1 N–H and O–H groups in total. The van der Waals surface area contributed by atoms with Gasteiger partial charge in [0.05, 0.1) is 13.1 Å². The van der Waals surface area contributed by atoms with Crippen LogP contribution in [0.15, 0.2) is 12.1 Å². The lowest BCUT2D eigenvalue weighted by Gasteiger charge is -2.14. The van der Waals surface area contributed by atoms with Crippen LogP contribution in [0.2, 0.25) is 0 Å². The molecular weight excluding hydrogens is 283 g/mol. The third kappa shape index (κ3) is 2.11. The largest absolute Gasteiger partial charge is 0.448 e. The molecule has 0 radical (unpaired) electrons. The Labute approximate surface area is 119 Å². The number of hydrogen-bond donors (Lipinski definition) is 1. The first-order chi connectivity index (χ1) is 9.60. The van der Waals surface area contributed by atoms with Gasteiger partial charge in [0.2, 0.25) is 5.91 Å². The van der Waals surface area contributed by atoms with Crippen molar-refractivity contribution in [3.8, 4) is 0 Å². The van der Waals surface area contributed by atoms with Gasteiger partial charge < -0.3 is 15.0 Å². The van der Waals surface area contributed by atoms with E-state index in [1.165, 1.54) is 22.7 Å². The molecule has 3 rings (SSSR count). The maximum atomic E-state index is 14.0. The zero-order chi connectivity index (χ0) is 14.3. The first-order valence-corrected chi connectivity index (χ1v) is 7.46. The molecule has 1 fully saturated rings. The smallest absolute Gasteiger partial charge is 0.410 e. The molecule has 0 aliphatic carbocycles. The Balaban J connectivity index is 1.91. The molecule has 0 aromatic heterocycles. The van der Waals surface area contributed by atoms with Crippen LogP contribution in [0, 0.1) is 5.82 Å². The minimum atomic E-state index is -0.430. The second kappa shape index (κ2) is 4.97. The van der Waals surface area contributed by atoms with Crippen LogP contribution in [-0.2, 0) is 16.1 Å². The van der Waals surface area contributed by atoms with Crippen molar-refractivity contribution in [1.82, 2.24) is 4.90 Å². The summed E-state index contributed by atoms with van der Waals surface area (Å²) in [5, 5.41) is 2.34. The van der Waals surface area contributed by atoms with Crippen LogP contribution in [0.4, 0.5) is 14.9 Å². The highest BCUT2D eigenvalue weighted by Crippen LogP contribution is 2.40. The number of nitrogens with zero attached hydrogens (tertiary/aromatic N) is 1. The second-order valence-corrected chi connectivity index (χ2v) is 5.61. The first kappa shape index (κ1) is 13.2. The summed E-state index contributed by atoms with van der Waals surface area (Å²) in [5.74, 6) is -0.560. The van der Waals surface area contributed by atoms with E-state index < -0.39 is 11.9 Å². The zero-order valence-corrected chi connectivity index (χ0v) is 11.6. The number of thioether (sulfide) groups is 1. The summed E-state index contributed by atoms with van der Waals surface area (Å²) in [7, 11) is 0. The Bertz CT molecular complexity index is 593. The lowest BCUT2D eigenvalue weighted by atomic mass is 10.1. The van der Waals surface area contributed by atoms with Crippen molar-refractivity contribution in [3.63, 3.8) is 0 Å². The molecule has 2 aliphatic rings. The molecule has 1 aromatic carbocycles. The molecule has 2 amide bonds. The molecule has 1 aromatic rings. The van der Waals surface area contributed by atoms with Crippen LogP contribution in [0.3, 0.4) is 0 Å². The van der Waals surface area contributed by atoms with Crippen molar-refractivity contribution in [3.05, 3.63) is 29.1 Å². The lowest BCUT2D eigenvalue weighted by molar-refractivity contribution is -0.115. The summed E-state index contributed by atoms with van der Waals surface area (Å²) >= 11 is 1.40. The van der Waals surface area contributed by atoms with Gasteiger partial charge in [-0.2, -0.15) is 0 Å². The van der Waals surface area contributed by atoms with Gasteiger partial charge in [-0.25, -0.2) is 9.18 Å². The van der Waals surface area contributed by atoms with Gasteiger partial charge in [0.25, 0.3) is 0 Å². The van der Waals surface area contributed by atoms with Crippen molar-refractivity contribution in [2.45, 2.75) is 11.8 Å². The average Bonchev–Trinajstić information content (AvgIpc) is 2.93. The van der Waals surface area contributed by atoms with E-state index in [-0.39, 0.29) is 17.7 Å². The second-order valence-electron chi connectivity index (χ2n) is 4.67. The number of carbonyl (C=O) groups is 2. The van der Waals surface area contributed by atoms with E-state index in [0.717, 1.165) is 5.56 Å². The number of carbonyl (C=O) groups excluding carboxylic acids is 2. The van der Waals surface area contributed by atoms with E-state index in [1.807, 2.05) is 6.26 Å². The van der Waals surface area contributed by atoms with Gasteiger partial charge in [-0.1, -0.05) is 0 Å². The fourth-order valence-corrected chi connectivity index (χ4v) is 3.15. The van der Waals surface area contributed by atoms with Gasteiger partial charge in [0.1, 0.15) is 17.7 Å². The highest BCUT2D eigenvalue weighted by atomic mass is 32.2. The van der Waals surface area contributed by atoms with Crippen molar-refractivity contribution in [2.75, 3.05) is 24.7 Å². The Kier molecular flexibility index (Phi) is 3.29. The van der Waals surface area contributed by atoms with Crippen LogP contribution in [-0.4, -0.2) is 36.3 Å². The average molecular weight is 296 g/mol. The Morgan fingerprint density at radius 2 is 2.30 bits per heavy atom. The quantitative estimate of drug-likeness (QED) is 0.928. The molecule has 1 atom stereocenters. The molecule has 2 heterocycles. The van der Waals surface area contributed by atoms with E-state index in [9.17, 15) is 14.0 Å². The fraction of sp³-hybridized carbons (Fsp3) is 0.385. The van der Waals surface area contributed by atoms with Crippen molar-refractivity contribution in [2.24, 2.45) is 0 Å². The molecule has 5 nitrogen and oxygen atoms in total. The molecule has 7 heteroatoms. The molecule has 1 saturated heterocycles. The summed E-state index contributed by atoms with van der Waals surface area (Å²) in [5.41, 5.74) is 1.68. The standard InChI is InChI=1S/C13H13FN2O3S/c1-20-11-8-4-7(6-16-2-3-19-13(16)18)9(14)5-10(8)15-12(11)17/h4-5,11H,2-3,6H2,1H3,(H,15,17). The van der Waals surface area contributed by atoms with Crippen LogP contribution in [0.1, 0.15) is 16.4 Å². The lowest BCUT2D eigenvalue weighted by Crippen LogP contribution is -2.24. The third-order valence-corrected chi connectivity index (χ3v) is 4.38. The molecule has 0 bridgehead atoms. The number of benzene rings is 1. The molecule has 0 saturated carbocycles. The summed E-state index contributed by atoms with van der Waals surface area (Å²) in [6, 6.07) is 2.98. The number of nitrogens with one attached hydrogen (secondary N) is 1. The van der Waals surface area contributed by atoms with E-state index in [2.05, 4.69) is 5.32 Å². The molecule has 20 heavy (non-hydrogen) atoms. The number of amides is 2. The number of halogens is 1. The first-order valence-electron chi connectivity index (χ1n) is 6.18. The van der Waals surface area contributed by atoms with Crippen molar-refractivity contribution < 1.29 is 18.7 Å². The Morgan fingerprint density at radius 1 is 1.50 bits per heavy atom. The molecular formula is C13H13FN2O3S. The predicted octanol–water partition coefficient (Wildman–Crippen LogP) is 2.13. The number of cyclic esters (lactones) is 1.